The van der Waals surface area contributed by atoms with Gasteiger partial charge in [-0.15, -0.1) is 0 Å². The summed E-state index contributed by atoms with van der Waals surface area (Å²) in [6.07, 6.45) is 0. The third-order valence-electron chi connectivity index (χ3n) is 9.43. The second-order valence-corrected chi connectivity index (χ2v) is 14.4. The zero-order valence-corrected chi connectivity index (χ0v) is 30.4. The van der Waals surface area contributed by atoms with Crippen LogP contribution >= 0.6 is 46.4 Å². The van der Waals surface area contributed by atoms with Gasteiger partial charge in [-0.1, -0.05) is 94.9 Å². The summed E-state index contributed by atoms with van der Waals surface area (Å²) in [5, 5.41) is 6.47. The highest BCUT2D eigenvalue weighted by atomic mass is 35.5. The van der Waals surface area contributed by atoms with Crippen molar-refractivity contribution < 1.29 is 0 Å². The van der Waals surface area contributed by atoms with E-state index in [9.17, 15) is 0 Å². The predicted molar refractivity (Wildman–Crippen MR) is 214 cm³/mol. The molecule has 0 radical (unpaired) electrons. The van der Waals surface area contributed by atoms with Crippen LogP contribution < -0.4 is 21.4 Å². The van der Waals surface area contributed by atoms with E-state index in [0.29, 0.717) is 20.1 Å². The summed E-state index contributed by atoms with van der Waals surface area (Å²) in [4.78, 5) is 15.2. The molecule has 0 aliphatic carbocycles. The molecule has 9 rings (SSSR count). The maximum Gasteiger partial charge on any atom is 0.0485 e. The molecule has 8 bridgehead atoms. The van der Waals surface area contributed by atoms with Gasteiger partial charge in [0.1, 0.15) is 0 Å². The summed E-state index contributed by atoms with van der Waals surface area (Å²) in [5.74, 6) is 0. The molecule has 0 spiro atoms. The van der Waals surface area contributed by atoms with Crippen molar-refractivity contribution in [1.29, 1.82) is 0 Å². The minimum Gasteiger partial charge on any atom is -0.354 e. The van der Waals surface area contributed by atoms with Crippen molar-refractivity contribution in [2.75, 3.05) is 0 Å². The van der Waals surface area contributed by atoms with Crippen LogP contribution in [0.3, 0.4) is 0 Å². The standard InChI is InChI=1S/C44H28Cl4N4/c45-29-9-1-25(2-10-29)41-33-17-19-35(49-33)42(26-3-11-30(46)12-4-26)37-21-23-39(51-37)44(28-7-15-32(48)16-8-28)40-24-22-38(52-40)43(36-20-18-34(41)50-36)27-5-13-31(47)14-6-27/h1-24,49-52H/b41-33-,41-34?,42-35-,42-37?,43-36?,43-38-,44-39?,44-40-. The molecule has 0 saturated heterocycles. The van der Waals surface area contributed by atoms with Gasteiger partial charge < -0.3 is 19.9 Å². The molecule has 252 valence electrons. The summed E-state index contributed by atoms with van der Waals surface area (Å²) in [5.41, 5.74) is 11.8. The molecular formula is C44H28Cl4N4. The number of hydrogen-bond acceptors (Lipinski definition) is 0. The number of aromatic nitrogens is 4. The van der Waals surface area contributed by atoms with Crippen LogP contribution in [0.1, 0.15) is 45.0 Å². The van der Waals surface area contributed by atoms with Crippen molar-refractivity contribution >= 4 is 68.7 Å². The predicted octanol–water partition coefficient (Wildman–Crippen LogP) is 8.92. The zero-order chi connectivity index (χ0) is 35.3. The lowest BCUT2D eigenvalue weighted by molar-refractivity contribution is 1.19. The molecule has 5 heterocycles. The average molecular weight is 755 g/mol. The second-order valence-electron chi connectivity index (χ2n) is 12.7. The molecule has 4 aromatic carbocycles. The van der Waals surface area contributed by atoms with Crippen molar-refractivity contribution in [3.63, 3.8) is 0 Å². The molecule has 8 aromatic rings. The number of H-pyrrole nitrogens is 4. The van der Waals surface area contributed by atoms with E-state index >= 15 is 0 Å². The molecule has 0 atom stereocenters. The van der Waals surface area contributed by atoms with E-state index in [2.05, 4.69) is 68.5 Å². The molecule has 1 aliphatic heterocycles. The van der Waals surface area contributed by atoms with Gasteiger partial charge in [-0.05, 0) is 119 Å². The lowest BCUT2D eigenvalue weighted by atomic mass is 10.0. The first-order valence-corrected chi connectivity index (χ1v) is 18.2. The molecule has 0 fully saturated rings. The first-order chi connectivity index (χ1) is 25.4. The quantitative estimate of drug-likeness (QED) is 0.139. The topological polar surface area (TPSA) is 63.2 Å². The summed E-state index contributed by atoms with van der Waals surface area (Å²) < 4.78 is 0. The Balaban J connectivity index is 1.43. The van der Waals surface area contributed by atoms with Gasteiger partial charge in [-0.25, -0.2) is 0 Å². The van der Waals surface area contributed by atoms with Crippen LogP contribution in [0.25, 0.3) is 22.3 Å². The molecule has 1 aliphatic rings. The second kappa shape index (κ2) is 13.3. The van der Waals surface area contributed by atoms with Crippen molar-refractivity contribution in [2.24, 2.45) is 0 Å². The normalized spacial score (nSPS) is 17.0. The Hall–Kier alpha value is -5.36. The van der Waals surface area contributed by atoms with Crippen molar-refractivity contribution in [3.8, 4) is 0 Å². The minimum absolute atomic E-state index is 0.675. The molecule has 0 amide bonds. The van der Waals surface area contributed by atoms with E-state index in [1.165, 1.54) is 0 Å². The fourth-order valence-corrected chi connectivity index (χ4v) is 7.54. The Morgan fingerprint density at radius 3 is 0.654 bits per heavy atom. The van der Waals surface area contributed by atoms with E-state index in [-0.39, 0.29) is 0 Å². The number of fused-ring (bicyclic) bond motifs is 8. The fraction of sp³-hybridized carbons (Fsp3) is 0. The maximum absolute atomic E-state index is 6.38. The van der Waals surface area contributed by atoms with Gasteiger partial charge in [0, 0.05) is 86.6 Å². The van der Waals surface area contributed by atoms with Crippen LogP contribution in [0.4, 0.5) is 0 Å². The number of hydrogen-bond donors (Lipinski definition) is 4. The van der Waals surface area contributed by atoms with Gasteiger partial charge in [0.2, 0.25) is 0 Å². The number of rotatable bonds is 4. The van der Waals surface area contributed by atoms with E-state index < -0.39 is 0 Å². The summed E-state index contributed by atoms with van der Waals surface area (Å²) in [7, 11) is 0. The van der Waals surface area contributed by atoms with Crippen molar-refractivity contribution in [1.82, 2.24) is 19.9 Å². The van der Waals surface area contributed by atoms with Gasteiger partial charge in [0.15, 0.2) is 0 Å². The average Bonchev–Trinajstić information content (AvgIpc) is 3.99. The molecule has 4 nitrogen and oxygen atoms in total. The third-order valence-corrected chi connectivity index (χ3v) is 10.4. The first-order valence-electron chi connectivity index (χ1n) is 16.7. The van der Waals surface area contributed by atoms with Gasteiger partial charge in [-0.2, -0.15) is 0 Å². The monoisotopic (exact) mass is 752 g/mol. The Kier molecular flexibility index (Phi) is 8.33. The lowest BCUT2D eigenvalue weighted by Crippen LogP contribution is -2.19. The van der Waals surface area contributed by atoms with Crippen molar-refractivity contribution in [2.45, 2.75) is 0 Å². The third kappa shape index (κ3) is 6.04. The van der Waals surface area contributed by atoms with Crippen molar-refractivity contribution in [3.05, 3.63) is 232 Å². The van der Waals surface area contributed by atoms with Crippen LogP contribution in [0.15, 0.2) is 146 Å². The van der Waals surface area contributed by atoms with E-state index in [4.69, 9.17) is 46.4 Å². The highest BCUT2D eigenvalue weighted by Gasteiger charge is 2.18. The van der Waals surface area contributed by atoms with Gasteiger partial charge >= 0.3 is 0 Å². The van der Waals surface area contributed by atoms with E-state index in [0.717, 1.165) is 88.7 Å². The van der Waals surface area contributed by atoms with Gasteiger partial charge in [0.05, 0.1) is 0 Å². The van der Waals surface area contributed by atoms with Crippen LogP contribution in [0, 0.1) is 0 Å². The van der Waals surface area contributed by atoms with Crippen LogP contribution in [-0.4, -0.2) is 19.9 Å². The Morgan fingerprint density at radius 2 is 0.442 bits per heavy atom. The fourth-order valence-electron chi connectivity index (χ4n) is 7.04. The molecule has 4 N–H and O–H groups in total. The number of nitrogens with one attached hydrogen (secondary N) is 4. The zero-order valence-electron chi connectivity index (χ0n) is 27.4. The van der Waals surface area contributed by atoms with E-state index in [1.807, 2.05) is 97.1 Å². The SMILES string of the molecule is Clc1ccc(/C2=c3\cc/c([nH]3)=C(\c3ccc(Cl)cc3)c3ccc([nH]3)/C(c3ccc(Cl)cc3)=c3/cc/c([nH]3)=C(\c3ccc(Cl)cc3)c3ccc2[nH]3)cc1. The molecule has 4 aromatic heterocycles. The number of halogens is 4. The number of benzene rings is 4. The largest absolute Gasteiger partial charge is 0.354 e. The van der Waals surface area contributed by atoms with Gasteiger partial charge in [-0.3, -0.25) is 0 Å². The highest BCUT2D eigenvalue weighted by Crippen LogP contribution is 2.29. The molecule has 0 unspecified atom stereocenters. The van der Waals surface area contributed by atoms with Crippen LogP contribution in [-0.2, 0) is 0 Å². The smallest absolute Gasteiger partial charge is 0.0485 e. The molecule has 8 heteroatoms. The number of aromatic amines is 4. The van der Waals surface area contributed by atoms with E-state index in [1.54, 1.807) is 0 Å². The Labute approximate surface area is 319 Å². The maximum atomic E-state index is 6.38. The lowest BCUT2D eigenvalue weighted by Gasteiger charge is -2.10. The van der Waals surface area contributed by atoms with Crippen LogP contribution in [0.5, 0.6) is 0 Å². The first kappa shape index (κ1) is 32.5. The summed E-state index contributed by atoms with van der Waals surface area (Å²) in [6, 6.07) is 48.8. The van der Waals surface area contributed by atoms with Gasteiger partial charge in [0.25, 0.3) is 0 Å². The summed E-state index contributed by atoms with van der Waals surface area (Å²) in [6.45, 7) is 0. The molecular weight excluding hydrogens is 726 g/mol. The molecule has 52 heavy (non-hydrogen) atoms. The van der Waals surface area contributed by atoms with Crippen LogP contribution in [0.2, 0.25) is 20.1 Å². The summed E-state index contributed by atoms with van der Waals surface area (Å²) >= 11 is 25.5. The molecule has 0 saturated carbocycles. The Morgan fingerprint density at radius 1 is 0.231 bits per heavy atom. The minimum atomic E-state index is 0.675. The Bertz CT molecular complexity index is 2460. The highest BCUT2D eigenvalue weighted by molar-refractivity contribution is 6.31.